The third-order valence-corrected chi connectivity index (χ3v) is 5.11. The van der Waals surface area contributed by atoms with Gasteiger partial charge in [0.1, 0.15) is 11.4 Å². The van der Waals surface area contributed by atoms with Crippen LogP contribution in [0.1, 0.15) is 39.1 Å². The van der Waals surface area contributed by atoms with Gasteiger partial charge >= 0.3 is 19.5 Å². The third kappa shape index (κ3) is 5.95. The normalized spacial score (nSPS) is 18.0. The van der Waals surface area contributed by atoms with E-state index in [9.17, 15) is 26.3 Å². The van der Waals surface area contributed by atoms with Gasteiger partial charge in [-0.25, -0.2) is 0 Å². The molecule has 0 atom stereocenters. The van der Waals surface area contributed by atoms with E-state index >= 15 is 0 Å². The zero-order valence-corrected chi connectivity index (χ0v) is 18.0. The molecule has 2 aromatic heterocycles. The lowest BCUT2D eigenvalue weighted by atomic mass is 9.79. The van der Waals surface area contributed by atoms with E-state index in [-0.39, 0.29) is 0 Å². The van der Waals surface area contributed by atoms with Crippen molar-refractivity contribution in [2.24, 2.45) is 0 Å². The van der Waals surface area contributed by atoms with E-state index in [2.05, 4.69) is 25.9 Å². The standard InChI is InChI=1S/C12H15BF3NO2.C6H3BrF3N/c1-10(2)11(3,4)19-13(18-10)8-5-6-17-9(7-8)12(14,15)16;7-4-1-2-11-5(3-4)6(8,9)10/h5-7H,1-4H3;1-3H. The predicted octanol–water partition coefficient (Wildman–Crippen LogP) is 5.26. The highest BCUT2D eigenvalue weighted by Gasteiger charge is 2.52. The zero-order valence-electron chi connectivity index (χ0n) is 16.4. The van der Waals surface area contributed by atoms with Crippen LogP contribution in [0.3, 0.4) is 0 Å². The van der Waals surface area contributed by atoms with E-state index in [1.165, 1.54) is 12.1 Å². The molecular formula is C18H18BBrF6N2O2. The van der Waals surface area contributed by atoms with Gasteiger partial charge in [-0.05, 0) is 57.4 Å². The van der Waals surface area contributed by atoms with Crippen molar-refractivity contribution in [1.29, 1.82) is 0 Å². The molecule has 0 amide bonds. The predicted molar refractivity (Wildman–Crippen MR) is 102 cm³/mol. The highest BCUT2D eigenvalue weighted by molar-refractivity contribution is 9.10. The number of halogens is 7. The molecule has 4 nitrogen and oxygen atoms in total. The molecule has 0 bridgehead atoms. The summed E-state index contributed by atoms with van der Waals surface area (Å²) in [6.45, 7) is 7.38. The summed E-state index contributed by atoms with van der Waals surface area (Å²) in [6, 6.07) is 4.80. The van der Waals surface area contributed by atoms with Crippen LogP contribution in [0.4, 0.5) is 26.3 Å². The second-order valence-corrected chi connectivity index (χ2v) is 8.33. The lowest BCUT2D eigenvalue weighted by Gasteiger charge is -2.32. The molecule has 0 radical (unpaired) electrons. The summed E-state index contributed by atoms with van der Waals surface area (Å²) in [5.74, 6) is 0. The Balaban J connectivity index is 0.000000248. The maximum atomic E-state index is 12.6. The van der Waals surface area contributed by atoms with Gasteiger partial charge in [-0.3, -0.25) is 9.97 Å². The van der Waals surface area contributed by atoms with Crippen molar-refractivity contribution in [2.45, 2.75) is 51.2 Å². The van der Waals surface area contributed by atoms with E-state index < -0.39 is 42.1 Å². The van der Waals surface area contributed by atoms with Crippen LogP contribution in [0.25, 0.3) is 0 Å². The van der Waals surface area contributed by atoms with Crippen LogP contribution in [-0.2, 0) is 21.7 Å². The molecule has 0 aromatic carbocycles. The summed E-state index contributed by atoms with van der Waals surface area (Å²) in [5.41, 5.74) is -2.67. The van der Waals surface area contributed by atoms with Crippen LogP contribution >= 0.6 is 15.9 Å². The molecule has 0 aliphatic carbocycles. The highest BCUT2D eigenvalue weighted by Crippen LogP contribution is 2.36. The fraction of sp³-hybridized carbons (Fsp3) is 0.444. The minimum absolute atomic E-state index is 0.320. The van der Waals surface area contributed by atoms with Crippen LogP contribution in [0, 0.1) is 0 Å². The summed E-state index contributed by atoms with van der Waals surface area (Å²) in [6.07, 6.45) is -6.61. The van der Waals surface area contributed by atoms with Crippen molar-refractivity contribution in [3.8, 4) is 0 Å². The summed E-state index contributed by atoms with van der Waals surface area (Å²) >= 11 is 2.91. The molecule has 30 heavy (non-hydrogen) atoms. The molecule has 1 saturated heterocycles. The van der Waals surface area contributed by atoms with Crippen molar-refractivity contribution in [3.05, 3.63) is 52.5 Å². The van der Waals surface area contributed by atoms with Gasteiger partial charge in [-0.15, -0.1) is 0 Å². The molecule has 2 aromatic rings. The molecule has 3 heterocycles. The lowest BCUT2D eigenvalue weighted by molar-refractivity contribution is -0.141. The molecule has 0 spiro atoms. The zero-order chi connectivity index (χ0) is 23.0. The number of hydrogen-bond donors (Lipinski definition) is 0. The Bertz CT molecular complexity index is 873. The van der Waals surface area contributed by atoms with Gasteiger partial charge in [0.15, 0.2) is 0 Å². The summed E-state index contributed by atoms with van der Waals surface area (Å²) in [7, 11) is -0.811. The van der Waals surface area contributed by atoms with Gasteiger partial charge < -0.3 is 9.31 Å². The van der Waals surface area contributed by atoms with E-state index in [1.54, 1.807) is 0 Å². The Morgan fingerprint density at radius 1 is 0.800 bits per heavy atom. The monoisotopic (exact) mass is 498 g/mol. The molecule has 1 fully saturated rings. The molecule has 1 aliphatic heterocycles. The van der Waals surface area contributed by atoms with E-state index in [0.717, 1.165) is 24.5 Å². The Morgan fingerprint density at radius 2 is 1.23 bits per heavy atom. The van der Waals surface area contributed by atoms with Gasteiger partial charge in [0.25, 0.3) is 0 Å². The summed E-state index contributed by atoms with van der Waals surface area (Å²) < 4.78 is 85.3. The smallest absolute Gasteiger partial charge is 0.399 e. The minimum Gasteiger partial charge on any atom is -0.399 e. The second kappa shape index (κ2) is 8.47. The van der Waals surface area contributed by atoms with Crippen LogP contribution in [0.2, 0.25) is 0 Å². The fourth-order valence-corrected chi connectivity index (χ4v) is 2.62. The number of hydrogen-bond acceptors (Lipinski definition) is 4. The molecule has 0 N–H and O–H groups in total. The average molecular weight is 499 g/mol. The third-order valence-electron chi connectivity index (χ3n) is 4.61. The van der Waals surface area contributed by atoms with Crippen LogP contribution in [0.15, 0.2) is 41.1 Å². The van der Waals surface area contributed by atoms with E-state index in [4.69, 9.17) is 9.31 Å². The van der Waals surface area contributed by atoms with E-state index in [1.807, 2.05) is 27.7 Å². The van der Waals surface area contributed by atoms with Gasteiger partial charge in [0.2, 0.25) is 0 Å². The molecule has 164 valence electrons. The largest absolute Gasteiger partial charge is 0.494 e. The Labute approximate surface area is 178 Å². The summed E-state index contributed by atoms with van der Waals surface area (Å²) in [4.78, 5) is 6.47. The van der Waals surface area contributed by atoms with Gasteiger partial charge in [0.05, 0.1) is 11.2 Å². The van der Waals surface area contributed by atoms with Crippen LogP contribution in [0.5, 0.6) is 0 Å². The van der Waals surface area contributed by atoms with Crippen molar-refractivity contribution in [2.75, 3.05) is 0 Å². The Hall–Kier alpha value is -1.66. The quantitative estimate of drug-likeness (QED) is 0.397. The fourth-order valence-electron chi connectivity index (χ4n) is 2.29. The first-order valence-corrected chi connectivity index (χ1v) is 9.40. The van der Waals surface area contributed by atoms with Gasteiger partial charge in [-0.2, -0.15) is 26.3 Å². The van der Waals surface area contributed by atoms with Crippen LogP contribution < -0.4 is 5.46 Å². The van der Waals surface area contributed by atoms with Gasteiger partial charge in [-0.1, -0.05) is 15.9 Å². The van der Waals surface area contributed by atoms with Crippen molar-refractivity contribution in [3.63, 3.8) is 0 Å². The Morgan fingerprint density at radius 3 is 1.63 bits per heavy atom. The van der Waals surface area contributed by atoms with Crippen LogP contribution in [-0.4, -0.2) is 28.3 Å². The lowest BCUT2D eigenvalue weighted by Crippen LogP contribution is -2.41. The minimum atomic E-state index is -4.47. The van der Waals surface area contributed by atoms with Gasteiger partial charge in [0, 0.05) is 16.9 Å². The van der Waals surface area contributed by atoms with Crippen molar-refractivity contribution >= 4 is 28.5 Å². The number of aromatic nitrogens is 2. The number of alkyl halides is 6. The first kappa shape index (κ1) is 24.6. The highest BCUT2D eigenvalue weighted by atomic mass is 79.9. The SMILES string of the molecule is CC1(C)OB(c2ccnc(C(F)(F)F)c2)OC1(C)C.FC(F)(F)c1cc(Br)ccn1. The molecular weight excluding hydrogens is 481 g/mol. The maximum Gasteiger partial charge on any atom is 0.494 e. The Kier molecular flexibility index (Phi) is 6.95. The summed E-state index contributed by atoms with van der Waals surface area (Å²) in [5, 5.41) is 0. The average Bonchev–Trinajstić information content (AvgIpc) is 2.82. The number of rotatable bonds is 1. The maximum absolute atomic E-state index is 12.6. The topological polar surface area (TPSA) is 44.2 Å². The molecule has 12 heteroatoms. The van der Waals surface area contributed by atoms with Crippen molar-refractivity contribution in [1.82, 2.24) is 9.97 Å². The molecule has 3 rings (SSSR count). The van der Waals surface area contributed by atoms with E-state index in [0.29, 0.717) is 9.94 Å². The van der Waals surface area contributed by atoms with Crippen molar-refractivity contribution < 1.29 is 35.7 Å². The first-order chi connectivity index (χ1) is 13.5. The second-order valence-electron chi connectivity index (χ2n) is 7.42. The molecule has 0 unspecified atom stereocenters. The number of nitrogens with zero attached hydrogens (tertiary/aromatic N) is 2. The molecule has 0 saturated carbocycles. The number of pyridine rings is 2. The molecule has 1 aliphatic rings. The first-order valence-electron chi connectivity index (χ1n) is 8.60.